The molecule has 26 heavy (non-hydrogen) atoms. The Hall–Kier alpha value is -1.94. The molecular formula is C16H24N4O5S. The Morgan fingerprint density at radius 2 is 1.85 bits per heavy atom. The van der Waals surface area contributed by atoms with Crippen molar-refractivity contribution in [3.8, 4) is 11.8 Å². The molecule has 3 rings (SSSR count). The summed E-state index contributed by atoms with van der Waals surface area (Å²) in [6.07, 6.45) is 5.96. The van der Waals surface area contributed by atoms with Gasteiger partial charge in [-0.25, -0.2) is 12.7 Å². The molecule has 1 aromatic heterocycles. The molecule has 1 unspecified atom stereocenters. The maximum absolute atomic E-state index is 12.7. The highest BCUT2D eigenvalue weighted by Crippen LogP contribution is 2.24. The normalized spacial score (nSPS) is 22.4. The second-order valence-electron chi connectivity index (χ2n) is 6.65. The van der Waals surface area contributed by atoms with Crippen LogP contribution in [0.2, 0.25) is 0 Å². The van der Waals surface area contributed by atoms with Gasteiger partial charge in [-0.15, -0.1) is 0 Å². The summed E-state index contributed by atoms with van der Waals surface area (Å²) < 4.78 is 35.4. The van der Waals surface area contributed by atoms with Gasteiger partial charge >= 0.3 is 0 Å². The number of ether oxygens (including phenoxy) is 2. The first kappa shape index (κ1) is 18.8. The minimum Gasteiger partial charge on any atom is -0.480 e. The molecule has 0 saturated carbocycles. The molecule has 9 nitrogen and oxygen atoms in total. The van der Waals surface area contributed by atoms with E-state index < -0.39 is 10.0 Å². The zero-order chi connectivity index (χ0) is 18.7. The highest BCUT2D eigenvalue weighted by molar-refractivity contribution is 7.88. The van der Waals surface area contributed by atoms with E-state index >= 15 is 0 Å². The maximum atomic E-state index is 12.7. The third-order valence-corrected chi connectivity index (χ3v) is 6.12. The van der Waals surface area contributed by atoms with Crippen LogP contribution >= 0.6 is 0 Å². The lowest BCUT2D eigenvalue weighted by Gasteiger charge is -2.31. The topological polar surface area (TPSA) is 102 Å². The molecule has 2 saturated heterocycles. The Morgan fingerprint density at radius 3 is 2.50 bits per heavy atom. The Balaban J connectivity index is 1.51. The van der Waals surface area contributed by atoms with Gasteiger partial charge in [-0.05, 0) is 12.8 Å². The van der Waals surface area contributed by atoms with E-state index in [9.17, 15) is 13.2 Å². The molecule has 0 spiro atoms. The van der Waals surface area contributed by atoms with Crippen molar-refractivity contribution in [3.63, 3.8) is 0 Å². The molecule has 1 amide bonds. The summed E-state index contributed by atoms with van der Waals surface area (Å²) in [5.41, 5.74) is 0. The number of rotatable bonds is 5. The van der Waals surface area contributed by atoms with E-state index in [0.29, 0.717) is 50.8 Å². The van der Waals surface area contributed by atoms with Crippen LogP contribution in [0.4, 0.5) is 0 Å². The highest BCUT2D eigenvalue weighted by atomic mass is 32.2. The summed E-state index contributed by atoms with van der Waals surface area (Å²) in [4.78, 5) is 22.7. The van der Waals surface area contributed by atoms with Crippen molar-refractivity contribution in [1.29, 1.82) is 0 Å². The van der Waals surface area contributed by atoms with E-state index in [2.05, 4.69) is 9.97 Å². The molecule has 1 atom stereocenters. The first-order chi connectivity index (χ1) is 12.4. The van der Waals surface area contributed by atoms with Crippen LogP contribution in [0, 0.1) is 5.92 Å². The van der Waals surface area contributed by atoms with Gasteiger partial charge in [-0.1, -0.05) is 0 Å². The van der Waals surface area contributed by atoms with Crippen molar-refractivity contribution in [1.82, 2.24) is 19.2 Å². The number of carbonyl (C=O) groups excluding carboxylic acids is 1. The Labute approximate surface area is 153 Å². The fourth-order valence-corrected chi connectivity index (χ4v) is 4.25. The molecule has 2 fully saturated rings. The lowest BCUT2D eigenvalue weighted by Crippen LogP contribution is -2.43. The van der Waals surface area contributed by atoms with Gasteiger partial charge in [0.15, 0.2) is 0 Å². The fraction of sp³-hybridized carbons (Fsp3) is 0.688. The Kier molecular flexibility index (Phi) is 5.61. The zero-order valence-corrected chi connectivity index (χ0v) is 15.8. The van der Waals surface area contributed by atoms with E-state index in [4.69, 9.17) is 9.47 Å². The minimum absolute atomic E-state index is 0.0842. The van der Waals surface area contributed by atoms with Gasteiger partial charge in [-0.3, -0.25) is 9.78 Å². The zero-order valence-electron chi connectivity index (χ0n) is 15.0. The lowest BCUT2D eigenvalue weighted by atomic mass is 9.97. The van der Waals surface area contributed by atoms with E-state index in [-0.39, 0.29) is 17.9 Å². The van der Waals surface area contributed by atoms with Crippen molar-refractivity contribution in [2.75, 3.05) is 39.5 Å². The summed E-state index contributed by atoms with van der Waals surface area (Å²) in [7, 11) is -1.67. The second kappa shape index (κ2) is 7.75. The molecule has 0 N–H and O–H groups in total. The van der Waals surface area contributed by atoms with Gasteiger partial charge in [-0.2, -0.15) is 4.98 Å². The van der Waals surface area contributed by atoms with E-state index in [1.807, 2.05) is 0 Å². The molecule has 2 aliphatic heterocycles. The molecule has 10 heteroatoms. The molecule has 0 radical (unpaired) electrons. The summed E-state index contributed by atoms with van der Waals surface area (Å²) >= 11 is 0. The summed E-state index contributed by atoms with van der Waals surface area (Å²) in [6, 6.07) is 0. The number of nitrogens with zero attached hydrogens (tertiary/aromatic N) is 4. The van der Waals surface area contributed by atoms with Crippen LogP contribution in [0.5, 0.6) is 11.8 Å². The highest BCUT2D eigenvalue weighted by Gasteiger charge is 2.35. The number of sulfonamides is 1. The molecule has 2 aliphatic rings. The number of hydrogen-bond acceptors (Lipinski definition) is 7. The predicted molar refractivity (Wildman–Crippen MR) is 93.3 cm³/mol. The Bertz CT molecular complexity index is 749. The minimum atomic E-state index is -3.18. The molecular weight excluding hydrogens is 360 g/mol. The Morgan fingerprint density at radius 1 is 1.15 bits per heavy atom. The van der Waals surface area contributed by atoms with E-state index in [1.165, 1.54) is 30.1 Å². The molecule has 1 aromatic rings. The second-order valence-corrected chi connectivity index (χ2v) is 8.63. The van der Waals surface area contributed by atoms with Crippen molar-refractivity contribution in [3.05, 3.63) is 12.4 Å². The third-order valence-electron chi connectivity index (χ3n) is 4.82. The van der Waals surface area contributed by atoms with Crippen LogP contribution in [0.1, 0.15) is 19.3 Å². The van der Waals surface area contributed by atoms with Gasteiger partial charge in [0.2, 0.25) is 27.7 Å². The lowest BCUT2D eigenvalue weighted by molar-refractivity contribution is -0.135. The summed E-state index contributed by atoms with van der Waals surface area (Å²) in [6.45, 7) is 1.95. The number of aromatic nitrogens is 2. The molecule has 144 valence electrons. The van der Waals surface area contributed by atoms with Gasteiger partial charge in [0.05, 0.1) is 32.3 Å². The van der Waals surface area contributed by atoms with Crippen molar-refractivity contribution in [2.45, 2.75) is 25.4 Å². The van der Waals surface area contributed by atoms with Crippen molar-refractivity contribution in [2.24, 2.45) is 5.92 Å². The average molecular weight is 384 g/mol. The van der Waals surface area contributed by atoms with Gasteiger partial charge in [0.25, 0.3) is 0 Å². The predicted octanol–water partition coefficient (Wildman–Crippen LogP) is 0.137. The smallest absolute Gasteiger partial charge is 0.235 e. The average Bonchev–Trinajstić information content (AvgIpc) is 3.09. The number of amides is 1. The van der Waals surface area contributed by atoms with Crippen LogP contribution in [-0.4, -0.2) is 79.1 Å². The largest absolute Gasteiger partial charge is 0.480 e. The van der Waals surface area contributed by atoms with Gasteiger partial charge in [0.1, 0.15) is 6.10 Å². The van der Waals surface area contributed by atoms with Crippen LogP contribution < -0.4 is 9.47 Å². The first-order valence-electron chi connectivity index (χ1n) is 8.63. The molecule has 0 aliphatic carbocycles. The first-order valence-corrected chi connectivity index (χ1v) is 10.5. The number of piperidine rings is 1. The molecule has 0 aromatic carbocycles. The summed E-state index contributed by atoms with van der Waals surface area (Å²) in [5, 5.41) is 0. The maximum Gasteiger partial charge on any atom is 0.235 e. The number of hydrogen-bond donors (Lipinski definition) is 0. The fourth-order valence-electron chi connectivity index (χ4n) is 3.37. The quantitative estimate of drug-likeness (QED) is 0.711. The molecule has 3 heterocycles. The van der Waals surface area contributed by atoms with E-state index in [1.54, 1.807) is 4.90 Å². The number of carbonyl (C=O) groups is 1. The van der Waals surface area contributed by atoms with Crippen LogP contribution in [0.3, 0.4) is 0 Å². The van der Waals surface area contributed by atoms with E-state index in [0.717, 1.165) is 6.42 Å². The van der Waals surface area contributed by atoms with Crippen LogP contribution in [0.25, 0.3) is 0 Å². The third kappa shape index (κ3) is 4.42. The van der Waals surface area contributed by atoms with Crippen LogP contribution in [-0.2, 0) is 14.8 Å². The number of likely N-dealkylation sites (tertiary alicyclic amines) is 1. The summed E-state index contributed by atoms with van der Waals surface area (Å²) in [5.74, 6) is 0.723. The van der Waals surface area contributed by atoms with Crippen LogP contribution in [0.15, 0.2) is 12.4 Å². The standard InChI is InChI=1S/C16H24N4O5S/c1-24-14-9-17-10-15(18-14)25-13-5-6-19(11-13)16(21)12-3-7-20(8-4-12)26(2,22)23/h9-10,12-13H,3-8,11H2,1-2H3. The van der Waals surface area contributed by atoms with Gasteiger partial charge < -0.3 is 14.4 Å². The van der Waals surface area contributed by atoms with Crippen molar-refractivity contribution >= 4 is 15.9 Å². The number of methoxy groups -OCH3 is 1. The van der Waals surface area contributed by atoms with Crippen molar-refractivity contribution < 1.29 is 22.7 Å². The SMILES string of the molecule is COc1cncc(OC2CCN(C(=O)C3CCN(S(C)(=O)=O)CC3)C2)n1. The monoisotopic (exact) mass is 384 g/mol. The van der Waals surface area contributed by atoms with Gasteiger partial charge in [0, 0.05) is 32.0 Å². The molecule has 0 bridgehead atoms.